The number of nitro benzene ring substituents is 1. The Hall–Kier alpha value is -2.42. The van der Waals surface area contributed by atoms with E-state index in [1.54, 1.807) is 10.9 Å². The Morgan fingerprint density at radius 3 is 2.82 bits per heavy atom. The Bertz CT molecular complexity index is 729. The molecule has 0 aliphatic carbocycles. The lowest BCUT2D eigenvalue weighted by Gasteiger charge is -2.06. The highest BCUT2D eigenvalue weighted by molar-refractivity contribution is 9.10. The van der Waals surface area contributed by atoms with E-state index in [9.17, 15) is 14.9 Å². The summed E-state index contributed by atoms with van der Waals surface area (Å²) in [5.74, 6) is -0.200. The summed E-state index contributed by atoms with van der Waals surface area (Å²) in [6.07, 6.45) is 1.66. The molecule has 1 aromatic heterocycles. The fraction of sp³-hybridized carbons (Fsp3) is 0.231. The van der Waals surface area contributed by atoms with E-state index in [0.717, 1.165) is 0 Å². The SMILES string of the molecule is CCn1cc(Br)c(C(=O)Nc2ccc(OC)cc2[N+](=O)[O-])n1. The minimum absolute atomic E-state index is 0.0775. The van der Waals surface area contributed by atoms with Crippen LogP contribution in [0.1, 0.15) is 17.4 Å². The van der Waals surface area contributed by atoms with Gasteiger partial charge in [0.05, 0.1) is 22.6 Å². The number of amides is 1. The number of benzene rings is 1. The number of hydrogen-bond acceptors (Lipinski definition) is 5. The monoisotopic (exact) mass is 368 g/mol. The topological polar surface area (TPSA) is 99.3 Å². The number of halogens is 1. The average molecular weight is 369 g/mol. The van der Waals surface area contributed by atoms with Gasteiger partial charge in [-0.05, 0) is 35.0 Å². The molecule has 0 saturated carbocycles. The molecule has 0 fully saturated rings. The molecule has 0 aliphatic heterocycles. The first-order valence-electron chi connectivity index (χ1n) is 6.33. The number of nitro groups is 1. The Morgan fingerprint density at radius 1 is 1.55 bits per heavy atom. The molecule has 0 unspecified atom stereocenters. The number of nitrogens with one attached hydrogen (secondary N) is 1. The summed E-state index contributed by atoms with van der Waals surface area (Å²) >= 11 is 3.24. The van der Waals surface area contributed by atoms with Crippen molar-refractivity contribution in [1.82, 2.24) is 9.78 Å². The van der Waals surface area contributed by atoms with Crippen LogP contribution >= 0.6 is 15.9 Å². The predicted molar refractivity (Wildman–Crippen MR) is 83.2 cm³/mol. The number of aryl methyl sites for hydroxylation is 1. The highest BCUT2D eigenvalue weighted by atomic mass is 79.9. The number of rotatable bonds is 5. The minimum Gasteiger partial charge on any atom is -0.496 e. The Balaban J connectivity index is 2.31. The molecular weight excluding hydrogens is 356 g/mol. The number of nitrogens with zero attached hydrogens (tertiary/aromatic N) is 3. The van der Waals surface area contributed by atoms with Crippen LogP contribution in [0.2, 0.25) is 0 Å². The molecule has 0 radical (unpaired) electrons. The van der Waals surface area contributed by atoms with Gasteiger partial charge in [0, 0.05) is 12.7 Å². The van der Waals surface area contributed by atoms with Crippen molar-refractivity contribution in [2.75, 3.05) is 12.4 Å². The first-order valence-corrected chi connectivity index (χ1v) is 7.12. The van der Waals surface area contributed by atoms with Gasteiger partial charge in [-0.3, -0.25) is 19.6 Å². The molecule has 22 heavy (non-hydrogen) atoms. The number of carbonyl (C=O) groups is 1. The molecule has 0 spiro atoms. The number of hydrogen-bond donors (Lipinski definition) is 1. The number of methoxy groups -OCH3 is 1. The van der Waals surface area contributed by atoms with E-state index in [-0.39, 0.29) is 17.1 Å². The largest absolute Gasteiger partial charge is 0.496 e. The lowest BCUT2D eigenvalue weighted by atomic mass is 10.2. The average Bonchev–Trinajstić information content (AvgIpc) is 2.88. The standard InChI is InChI=1S/C13H13BrN4O4/c1-3-17-7-9(14)12(16-17)13(19)15-10-5-4-8(22-2)6-11(10)18(20)21/h4-7H,3H2,1-2H3,(H,15,19). The van der Waals surface area contributed by atoms with Gasteiger partial charge in [0.25, 0.3) is 11.6 Å². The minimum atomic E-state index is -0.585. The maximum Gasteiger partial charge on any atom is 0.296 e. The van der Waals surface area contributed by atoms with E-state index in [1.807, 2.05) is 6.92 Å². The number of aromatic nitrogens is 2. The zero-order chi connectivity index (χ0) is 16.3. The molecule has 1 N–H and O–H groups in total. The van der Waals surface area contributed by atoms with Crippen LogP contribution in [0.4, 0.5) is 11.4 Å². The molecule has 9 heteroatoms. The van der Waals surface area contributed by atoms with Crippen molar-refractivity contribution in [3.8, 4) is 5.75 Å². The van der Waals surface area contributed by atoms with Crippen molar-refractivity contribution in [1.29, 1.82) is 0 Å². The van der Waals surface area contributed by atoms with Gasteiger partial charge in [0.2, 0.25) is 0 Å². The first-order chi connectivity index (χ1) is 10.5. The Labute approximate surface area is 134 Å². The van der Waals surface area contributed by atoms with Gasteiger partial charge in [-0.2, -0.15) is 5.10 Å². The van der Waals surface area contributed by atoms with E-state index >= 15 is 0 Å². The fourth-order valence-electron chi connectivity index (χ4n) is 1.79. The Kier molecular flexibility index (Phi) is 4.76. The van der Waals surface area contributed by atoms with Gasteiger partial charge in [-0.15, -0.1) is 0 Å². The zero-order valence-corrected chi connectivity index (χ0v) is 13.5. The quantitative estimate of drug-likeness (QED) is 0.645. The van der Waals surface area contributed by atoms with Gasteiger partial charge in [-0.1, -0.05) is 0 Å². The van der Waals surface area contributed by atoms with Crippen LogP contribution in [-0.4, -0.2) is 27.7 Å². The summed E-state index contributed by atoms with van der Waals surface area (Å²) in [5, 5.41) is 17.7. The molecule has 1 amide bonds. The van der Waals surface area contributed by atoms with Crippen LogP contribution < -0.4 is 10.1 Å². The van der Waals surface area contributed by atoms with E-state index in [2.05, 4.69) is 26.3 Å². The third-order valence-electron chi connectivity index (χ3n) is 2.91. The number of anilines is 1. The molecule has 0 aliphatic rings. The van der Waals surface area contributed by atoms with Crippen molar-refractivity contribution >= 4 is 33.2 Å². The van der Waals surface area contributed by atoms with Gasteiger partial charge >= 0.3 is 0 Å². The molecule has 2 aromatic rings. The third-order valence-corrected chi connectivity index (χ3v) is 3.49. The van der Waals surface area contributed by atoms with Crippen molar-refractivity contribution < 1.29 is 14.5 Å². The summed E-state index contributed by atoms with van der Waals surface area (Å²) in [6.45, 7) is 2.49. The number of carbonyl (C=O) groups excluding carboxylic acids is 1. The molecule has 1 aromatic carbocycles. The van der Waals surface area contributed by atoms with Crippen molar-refractivity contribution in [3.05, 3.63) is 44.7 Å². The lowest BCUT2D eigenvalue weighted by molar-refractivity contribution is -0.384. The van der Waals surface area contributed by atoms with Crippen molar-refractivity contribution in [2.45, 2.75) is 13.5 Å². The second-order valence-corrected chi connectivity index (χ2v) is 5.13. The normalized spacial score (nSPS) is 10.3. The van der Waals surface area contributed by atoms with E-state index in [1.165, 1.54) is 25.3 Å². The molecule has 0 bridgehead atoms. The van der Waals surface area contributed by atoms with E-state index in [0.29, 0.717) is 16.8 Å². The first kappa shape index (κ1) is 16.0. The maximum atomic E-state index is 12.2. The van der Waals surface area contributed by atoms with Gasteiger partial charge in [-0.25, -0.2) is 0 Å². The molecule has 1 heterocycles. The molecule has 2 rings (SSSR count). The highest BCUT2D eigenvalue weighted by Crippen LogP contribution is 2.29. The third kappa shape index (κ3) is 3.25. The number of ether oxygens (including phenoxy) is 1. The zero-order valence-electron chi connectivity index (χ0n) is 11.9. The predicted octanol–water partition coefficient (Wildman–Crippen LogP) is 2.83. The summed E-state index contributed by atoms with van der Waals surface area (Å²) < 4.78 is 7.05. The van der Waals surface area contributed by atoms with Gasteiger partial charge in [0.15, 0.2) is 5.69 Å². The molecule has 0 saturated heterocycles. The maximum absolute atomic E-state index is 12.2. The second-order valence-electron chi connectivity index (χ2n) is 4.28. The van der Waals surface area contributed by atoms with Crippen LogP contribution in [0, 0.1) is 10.1 Å². The van der Waals surface area contributed by atoms with Gasteiger partial charge in [0.1, 0.15) is 11.4 Å². The molecule has 8 nitrogen and oxygen atoms in total. The van der Waals surface area contributed by atoms with Crippen molar-refractivity contribution in [2.24, 2.45) is 0 Å². The molecule has 116 valence electrons. The van der Waals surface area contributed by atoms with Crippen LogP contribution in [0.5, 0.6) is 5.75 Å². The van der Waals surface area contributed by atoms with E-state index in [4.69, 9.17) is 4.74 Å². The fourth-order valence-corrected chi connectivity index (χ4v) is 2.29. The van der Waals surface area contributed by atoms with Crippen LogP contribution in [0.25, 0.3) is 0 Å². The highest BCUT2D eigenvalue weighted by Gasteiger charge is 2.21. The van der Waals surface area contributed by atoms with E-state index < -0.39 is 10.8 Å². The van der Waals surface area contributed by atoms with Crippen LogP contribution in [-0.2, 0) is 6.54 Å². The summed E-state index contributed by atoms with van der Waals surface area (Å²) in [4.78, 5) is 22.7. The van der Waals surface area contributed by atoms with Crippen molar-refractivity contribution in [3.63, 3.8) is 0 Å². The second kappa shape index (κ2) is 6.56. The Morgan fingerprint density at radius 2 is 2.27 bits per heavy atom. The van der Waals surface area contributed by atoms with Gasteiger partial charge < -0.3 is 10.1 Å². The molecular formula is C13H13BrN4O4. The lowest BCUT2D eigenvalue weighted by Crippen LogP contribution is -2.15. The van der Waals surface area contributed by atoms with Crippen LogP contribution in [0.3, 0.4) is 0 Å². The smallest absolute Gasteiger partial charge is 0.296 e. The van der Waals surface area contributed by atoms with Crippen LogP contribution in [0.15, 0.2) is 28.9 Å². The molecule has 0 atom stereocenters. The summed E-state index contributed by atoms with van der Waals surface area (Å²) in [6, 6.07) is 4.19. The summed E-state index contributed by atoms with van der Waals surface area (Å²) in [7, 11) is 1.41. The summed E-state index contributed by atoms with van der Waals surface area (Å²) in [5.41, 5.74) is -0.0144.